The van der Waals surface area contributed by atoms with Crippen molar-refractivity contribution >= 4 is 28.5 Å². The minimum absolute atomic E-state index is 0.000576. The number of hydrogen-bond donors (Lipinski definition) is 2. The number of hydrogen-bond acceptors (Lipinski definition) is 5. The quantitative estimate of drug-likeness (QED) is 0.819. The third kappa shape index (κ3) is 2.05. The molecule has 0 spiro atoms. The fraction of sp³-hybridized carbons (Fsp3) is 0.500. The Hall–Kier alpha value is -1.37. The van der Waals surface area contributed by atoms with Crippen LogP contribution in [0.4, 0.5) is 5.82 Å². The standard InChI is InChI=1S/C12H15ClN4O2/c1-12(6-18)4-2-8(19-12)17-5-3-7-9(14)15-11(13)16-10(7)17/h3,5,8,18H,2,4,6H2,1H3,(H2,14,15,16)/t8?,12-/m0/s1. The van der Waals surface area contributed by atoms with E-state index >= 15 is 0 Å². The SMILES string of the molecule is C[C@@]1(CO)CCC(n2ccc3c(N)nc(Cl)nc32)O1. The van der Waals surface area contributed by atoms with Gasteiger partial charge in [-0.25, -0.2) is 4.98 Å². The molecule has 0 saturated carbocycles. The maximum absolute atomic E-state index is 9.34. The van der Waals surface area contributed by atoms with E-state index in [1.165, 1.54) is 0 Å². The van der Waals surface area contributed by atoms with Gasteiger partial charge in [0.15, 0.2) is 0 Å². The fourth-order valence-corrected chi connectivity index (χ4v) is 2.62. The first-order chi connectivity index (χ1) is 9.02. The predicted molar refractivity (Wildman–Crippen MR) is 71.8 cm³/mol. The van der Waals surface area contributed by atoms with Crippen LogP contribution in [0.3, 0.4) is 0 Å². The topological polar surface area (TPSA) is 86.2 Å². The lowest BCUT2D eigenvalue weighted by Gasteiger charge is -2.22. The van der Waals surface area contributed by atoms with E-state index in [0.717, 1.165) is 18.2 Å². The highest BCUT2D eigenvalue weighted by atomic mass is 35.5. The van der Waals surface area contributed by atoms with E-state index in [9.17, 15) is 5.11 Å². The first kappa shape index (κ1) is 12.7. The molecule has 6 nitrogen and oxygen atoms in total. The summed E-state index contributed by atoms with van der Waals surface area (Å²) in [7, 11) is 0. The van der Waals surface area contributed by atoms with Crippen LogP contribution in [0.15, 0.2) is 12.3 Å². The molecule has 1 unspecified atom stereocenters. The Labute approximate surface area is 115 Å². The fourth-order valence-electron chi connectivity index (χ4n) is 2.45. The van der Waals surface area contributed by atoms with E-state index in [4.69, 9.17) is 22.1 Å². The minimum atomic E-state index is -0.496. The summed E-state index contributed by atoms with van der Waals surface area (Å²) in [4.78, 5) is 8.13. The van der Waals surface area contributed by atoms with E-state index in [0.29, 0.717) is 11.5 Å². The van der Waals surface area contributed by atoms with Gasteiger partial charge in [-0.3, -0.25) is 0 Å². The Bertz CT molecular complexity index is 629. The van der Waals surface area contributed by atoms with Gasteiger partial charge in [0.1, 0.15) is 17.7 Å². The number of nitrogens with zero attached hydrogens (tertiary/aromatic N) is 3. The van der Waals surface area contributed by atoms with Crippen molar-refractivity contribution in [2.75, 3.05) is 12.3 Å². The molecular formula is C12H15ClN4O2. The molecule has 19 heavy (non-hydrogen) atoms. The third-order valence-corrected chi connectivity index (χ3v) is 3.73. The summed E-state index contributed by atoms with van der Waals surface area (Å²) in [6.07, 6.45) is 3.30. The van der Waals surface area contributed by atoms with E-state index < -0.39 is 5.60 Å². The van der Waals surface area contributed by atoms with Gasteiger partial charge in [-0.1, -0.05) is 0 Å². The van der Waals surface area contributed by atoms with Crippen LogP contribution in [-0.4, -0.2) is 31.8 Å². The highest BCUT2D eigenvalue weighted by Crippen LogP contribution is 2.37. The van der Waals surface area contributed by atoms with Crippen molar-refractivity contribution in [2.45, 2.75) is 31.6 Å². The second-order valence-electron chi connectivity index (χ2n) is 5.06. The number of aliphatic hydroxyl groups is 1. The molecule has 7 heteroatoms. The largest absolute Gasteiger partial charge is 0.393 e. The number of aromatic nitrogens is 3. The van der Waals surface area contributed by atoms with E-state index in [1.807, 2.05) is 23.8 Å². The minimum Gasteiger partial charge on any atom is -0.393 e. The van der Waals surface area contributed by atoms with Crippen LogP contribution in [0.5, 0.6) is 0 Å². The van der Waals surface area contributed by atoms with Crippen LogP contribution in [0, 0.1) is 0 Å². The summed E-state index contributed by atoms with van der Waals surface area (Å²) >= 11 is 5.85. The Morgan fingerprint density at radius 2 is 2.42 bits per heavy atom. The maximum Gasteiger partial charge on any atom is 0.226 e. The molecule has 0 bridgehead atoms. The highest BCUT2D eigenvalue weighted by Gasteiger charge is 2.36. The Morgan fingerprint density at radius 3 is 3.11 bits per heavy atom. The van der Waals surface area contributed by atoms with Crippen LogP contribution >= 0.6 is 11.6 Å². The number of fused-ring (bicyclic) bond motifs is 1. The molecule has 0 aliphatic carbocycles. The van der Waals surface area contributed by atoms with E-state index in [1.54, 1.807) is 0 Å². The lowest BCUT2D eigenvalue weighted by Crippen LogP contribution is -2.28. The molecule has 2 atom stereocenters. The number of nitrogens with two attached hydrogens (primary N) is 1. The van der Waals surface area contributed by atoms with E-state index in [2.05, 4.69) is 9.97 Å². The number of halogens is 1. The van der Waals surface area contributed by atoms with E-state index in [-0.39, 0.29) is 18.1 Å². The van der Waals surface area contributed by atoms with Gasteiger partial charge < -0.3 is 20.1 Å². The van der Waals surface area contributed by atoms with Crippen LogP contribution in [0.1, 0.15) is 26.0 Å². The van der Waals surface area contributed by atoms with Gasteiger partial charge >= 0.3 is 0 Å². The van der Waals surface area contributed by atoms with Crippen LogP contribution in [-0.2, 0) is 4.74 Å². The van der Waals surface area contributed by atoms with Crippen molar-refractivity contribution in [3.63, 3.8) is 0 Å². The van der Waals surface area contributed by atoms with Gasteiger partial charge in [0.05, 0.1) is 17.6 Å². The van der Waals surface area contributed by atoms with Crippen molar-refractivity contribution in [3.05, 3.63) is 17.5 Å². The average Bonchev–Trinajstić information content (AvgIpc) is 2.94. The van der Waals surface area contributed by atoms with Gasteiger partial charge in [0.25, 0.3) is 0 Å². The smallest absolute Gasteiger partial charge is 0.226 e. The second-order valence-corrected chi connectivity index (χ2v) is 5.40. The van der Waals surface area contributed by atoms with Gasteiger partial charge in [-0.2, -0.15) is 4.98 Å². The lowest BCUT2D eigenvalue weighted by molar-refractivity contribution is -0.0852. The summed E-state index contributed by atoms with van der Waals surface area (Å²) in [5, 5.41) is 10.2. The molecule has 2 aromatic heterocycles. The number of rotatable bonds is 2. The second kappa shape index (κ2) is 4.33. The Balaban J connectivity index is 2.03. The zero-order chi connectivity index (χ0) is 13.6. The molecule has 3 N–H and O–H groups in total. The zero-order valence-corrected chi connectivity index (χ0v) is 11.3. The van der Waals surface area contributed by atoms with Crippen LogP contribution in [0.2, 0.25) is 5.28 Å². The number of nitrogen functional groups attached to an aromatic ring is 1. The van der Waals surface area contributed by atoms with Gasteiger partial charge in [-0.05, 0) is 37.4 Å². The van der Waals surface area contributed by atoms with Crippen molar-refractivity contribution in [2.24, 2.45) is 0 Å². The third-order valence-electron chi connectivity index (χ3n) is 3.56. The molecular weight excluding hydrogens is 268 g/mol. The van der Waals surface area contributed by atoms with Crippen molar-refractivity contribution < 1.29 is 9.84 Å². The molecule has 1 fully saturated rings. The van der Waals surface area contributed by atoms with Crippen molar-refractivity contribution in [3.8, 4) is 0 Å². The maximum atomic E-state index is 9.34. The molecule has 2 aromatic rings. The summed E-state index contributed by atoms with van der Waals surface area (Å²) in [6.45, 7) is 1.90. The monoisotopic (exact) mass is 282 g/mol. The molecule has 1 aliphatic heterocycles. The summed E-state index contributed by atoms with van der Waals surface area (Å²) in [6, 6.07) is 1.85. The molecule has 3 heterocycles. The first-order valence-electron chi connectivity index (χ1n) is 6.11. The molecule has 1 saturated heterocycles. The van der Waals surface area contributed by atoms with Gasteiger partial charge in [0.2, 0.25) is 5.28 Å². The Kier molecular flexibility index (Phi) is 2.88. The molecule has 3 rings (SSSR count). The molecule has 102 valence electrons. The molecule has 1 aliphatic rings. The lowest BCUT2D eigenvalue weighted by atomic mass is 10.0. The van der Waals surface area contributed by atoms with Crippen LogP contribution < -0.4 is 5.73 Å². The van der Waals surface area contributed by atoms with Gasteiger partial charge in [0, 0.05) is 6.20 Å². The zero-order valence-electron chi connectivity index (χ0n) is 10.5. The molecule has 0 amide bonds. The molecule has 0 aromatic carbocycles. The Morgan fingerprint density at radius 1 is 1.63 bits per heavy atom. The summed E-state index contributed by atoms with van der Waals surface area (Å²) in [5.41, 5.74) is 5.98. The number of aliphatic hydroxyl groups excluding tert-OH is 1. The summed E-state index contributed by atoms with van der Waals surface area (Å²) < 4.78 is 7.79. The van der Waals surface area contributed by atoms with Crippen molar-refractivity contribution in [1.82, 2.24) is 14.5 Å². The number of anilines is 1. The summed E-state index contributed by atoms with van der Waals surface area (Å²) in [5.74, 6) is 0.358. The molecule has 0 radical (unpaired) electrons. The normalized spacial score (nSPS) is 27.2. The highest BCUT2D eigenvalue weighted by molar-refractivity contribution is 6.28. The average molecular weight is 283 g/mol. The van der Waals surface area contributed by atoms with Crippen LogP contribution in [0.25, 0.3) is 11.0 Å². The van der Waals surface area contributed by atoms with Gasteiger partial charge in [-0.15, -0.1) is 0 Å². The first-order valence-corrected chi connectivity index (χ1v) is 6.48. The van der Waals surface area contributed by atoms with Crippen molar-refractivity contribution in [1.29, 1.82) is 0 Å². The predicted octanol–water partition coefficient (Wildman–Crippen LogP) is 1.73. The number of ether oxygens (including phenoxy) is 1.